The lowest BCUT2D eigenvalue weighted by Gasteiger charge is -2.51. The molecular formula is C45H69NO11. The number of nitrogens with zero attached hydrogens (tertiary/aromatic N) is 1. The van der Waals surface area contributed by atoms with Gasteiger partial charge in [0, 0.05) is 62.1 Å². The van der Waals surface area contributed by atoms with Gasteiger partial charge in [-0.25, -0.2) is 0 Å². The number of hydrogen-bond acceptors (Lipinski definition) is 11. The van der Waals surface area contributed by atoms with Crippen LogP contribution in [-0.4, -0.2) is 109 Å². The van der Waals surface area contributed by atoms with E-state index in [9.17, 15) is 30.3 Å². The summed E-state index contributed by atoms with van der Waals surface area (Å²) in [6.07, 6.45) is 5.85. The Bertz CT molecular complexity index is 1610. The molecule has 6 saturated heterocycles. The summed E-state index contributed by atoms with van der Waals surface area (Å²) in [7, 11) is 0. The largest absolute Gasteiger partial charge is 0.481 e. The second kappa shape index (κ2) is 15.3. The maximum Gasteiger partial charge on any atom is 0.303 e. The number of aliphatic carboxylic acids is 1. The molecule has 0 radical (unpaired) electrons. The molecule has 0 saturated carbocycles. The molecule has 57 heavy (non-hydrogen) atoms. The second-order valence-electron chi connectivity index (χ2n) is 20.2. The van der Waals surface area contributed by atoms with Gasteiger partial charge in [0.25, 0.3) is 0 Å². The van der Waals surface area contributed by atoms with E-state index >= 15 is 0 Å². The van der Waals surface area contributed by atoms with E-state index in [1.807, 2.05) is 13.8 Å². The maximum atomic E-state index is 11.9. The number of aliphatic imine (C=N–C) groups is 1. The summed E-state index contributed by atoms with van der Waals surface area (Å²) in [6, 6.07) is 0. The SMILES string of the molecule is C=C1CCCC2=NC[C@H](C)[C@@H](C)C[C@@]23CCC([C@@H](O)CCC(=O)O)=C[C@@H]3[C@@H]2O[C@@]3(C[C@@H](C)[C@@H](O)[C@H]2O3)C[C@@H]2O[C@]3(CC[C@@]4(O[C@@H](CC[C@@]4(C)O)C1)O3)C[C@H](C)[C@@H]2O. The van der Waals surface area contributed by atoms with E-state index in [-0.39, 0.29) is 43.1 Å². The number of carbonyl (C=O) groups is 1. The van der Waals surface area contributed by atoms with Crippen molar-refractivity contribution in [1.82, 2.24) is 0 Å². The van der Waals surface area contributed by atoms with Crippen molar-refractivity contribution < 1.29 is 54.0 Å². The van der Waals surface area contributed by atoms with Crippen molar-refractivity contribution in [3.8, 4) is 0 Å². The highest BCUT2D eigenvalue weighted by Gasteiger charge is 2.67. The Morgan fingerprint density at radius 2 is 1.61 bits per heavy atom. The molecule has 0 aromatic rings. The number of rotatable bonds is 4. The average Bonchev–Trinajstić information content (AvgIpc) is 3.63. The smallest absolute Gasteiger partial charge is 0.303 e. The number of carboxylic acid groups (broad SMARTS) is 1. The summed E-state index contributed by atoms with van der Waals surface area (Å²) >= 11 is 0. The Balaban J connectivity index is 1.22. The van der Waals surface area contributed by atoms with Crippen molar-refractivity contribution in [1.29, 1.82) is 0 Å². The van der Waals surface area contributed by atoms with Crippen molar-refractivity contribution in [3.63, 3.8) is 0 Å². The molecule has 7 aliphatic heterocycles. The number of hydrogen-bond donors (Lipinski definition) is 5. The molecule has 0 aromatic carbocycles. The van der Waals surface area contributed by atoms with E-state index in [1.165, 1.54) is 0 Å². The molecule has 0 aromatic heterocycles. The standard InChI is InChI=1S/C45H69NO11/c1-25-8-7-9-35-42(20-26(2)29(5)24-46-35)15-12-30(33(47)10-11-36(48)49)19-32(42)39-40-38(51)28(4)22-44(55-39,56-40)23-34-37(50)27(3)21-43(54-34)16-17-45(57-43)41(6,52)14-13-31(18-25)53-45/h19,26-29,31-34,37-40,47,50-52H,1,7-18,20-24H2,2-6H3,(H,48,49)/t26-,27-,28+,29-,31-,32+,33-,34-,37-,38+,39-,40+,41+,42+,43-,44+,45+/m0/s1. The number of carboxylic acids is 1. The predicted molar refractivity (Wildman–Crippen MR) is 211 cm³/mol. The van der Waals surface area contributed by atoms with Crippen LogP contribution in [0, 0.1) is 35.0 Å². The minimum atomic E-state index is -1.26. The monoisotopic (exact) mass is 799 g/mol. The zero-order valence-electron chi connectivity index (χ0n) is 34.9. The molecule has 12 nitrogen and oxygen atoms in total. The van der Waals surface area contributed by atoms with Crippen molar-refractivity contribution in [2.75, 3.05) is 6.54 Å². The Kier molecular flexibility index (Phi) is 11.3. The van der Waals surface area contributed by atoms with Crippen molar-refractivity contribution >= 4 is 11.7 Å². The molecule has 1 aliphatic carbocycles. The van der Waals surface area contributed by atoms with Crippen LogP contribution in [-0.2, 0) is 28.5 Å². The third-order valence-corrected chi connectivity index (χ3v) is 15.9. The van der Waals surface area contributed by atoms with Gasteiger partial charge in [-0.2, -0.15) is 0 Å². The third-order valence-electron chi connectivity index (χ3n) is 15.9. The van der Waals surface area contributed by atoms with E-state index in [0.29, 0.717) is 69.7 Å². The molecule has 7 bridgehead atoms. The van der Waals surface area contributed by atoms with E-state index in [2.05, 4.69) is 26.5 Å². The first kappa shape index (κ1) is 42.0. The van der Waals surface area contributed by atoms with E-state index in [4.69, 9.17) is 28.7 Å². The molecule has 12 heteroatoms. The van der Waals surface area contributed by atoms with Crippen LogP contribution in [0.2, 0.25) is 0 Å². The molecule has 8 rings (SSSR count). The van der Waals surface area contributed by atoms with Gasteiger partial charge in [0.05, 0.1) is 36.6 Å². The summed E-state index contributed by atoms with van der Waals surface area (Å²) in [5.41, 5.74) is 1.35. The highest BCUT2D eigenvalue weighted by Crippen LogP contribution is 2.59. The van der Waals surface area contributed by atoms with Crippen LogP contribution in [0.25, 0.3) is 0 Å². The first-order chi connectivity index (χ1) is 26.9. The molecule has 0 amide bonds. The van der Waals surface area contributed by atoms with Gasteiger partial charge in [-0.05, 0) is 100 Å². The molecule has 6 fully saturated rings. The Hall–Kier alpha value is -1.74. The Labute approximate surface area is 338 Å². The first-order valence-electron chi connectivity index (χ1n) is 22.2. The first-order valence-corrected chi connectivity index (χ1v) is 22.2. The molecule has 5 N–H and O–H groups in total. The maximum absolute atomic E-state index is 11.9. The predicted octanol–water partition coefficient (Wildman–Crippen LogP) is 5.97. The topological polar surface area (TPSA) is 177 Å². The number of ether oxygens (including phenoxy) is 5. The summed E-state index contributed by atoms with van der Waals surface area (Å²) in [5, 5.41) is 56.6. The second-order valence-corrected chi connectivity index (χ2v) is 20.2. The van der Waals surface area contributed by atoms with Crippen LogP contribution in [0.1, 0.15) is 137 Å². The number of aliphatic hydroxyl groups is 4. The van der Waals surface area contributed by atoms with E-state index in [1.54, 1.807) is 6.92 Å². The quantitative estimate of drug-likeness (QED) is 0.212. The molecule has 320 valence electrons. The Morgan fingerprint density at radius 3 is 2.39 bits per heavy atom. The lowest BCUT2D eigenvalue weighted by molar-refractivity contribution is -0.411. The fourth-order valence-electron chi connectivity index (χ4n) is 12.4. The van der Waals surface area contributed by atoms with Gasteiger partial charge in [-0.1, -0.05) is 45.9 Å². The minimum Gasteiger partial charge on any atom is -0.481 e. The van der Waals surface area contributed by atoms with Gasteiger partial charge in [0.1, 0.15) is 11.7 Å². The van der Waals surface area contributed by atoms with Crippen LogP contribution < -0.4 is 0 Å². The van der Waals surface area contributed by atoms with Crippen LogP contribution in [0.15, 0.2) is 28.8 Å². The average molecular weight is 800 g/mol. The van der Waals surface area contributed by atoms with Gasteiger partial charge in [-0.3, -0.25) is 9.79 Å². The normalized spacial score (nSPS) is 50.8. The summed E-state index contributed by atoms with van der Waals surface area (Å²) in [6.45, 7) is 15.6. The Morgan fingerprint density at radius 1 is 0.877 bits per heavy atom. The summed E-state index contributed by atoms with van der Waals surface area (Å²) < 4.78 is 35.0. The zero-order chi connectivity index (χ0) is 40.7. The van der Waals surface area contributed by atoms with E-state index in [0.717, 1.165) is 49.0 Å². The highest BCUT2D eigenvalue weighted by molar-refractivity contribution is 5.91. The number of fused-ring (bicyclic) bond motifs is 6. The molecule has 0 unspecified atom stereocenters. The molecule has 7 heterocycles. The summed E-state index contributed by atoms with van der Waals surface area (Å²) in [4.78, 5) is 17.0. The van der Waals surface area contributed by atoms with Crippen molar-refractivity contribution in [2.45, 2.75) is 203 Å². The third kappa shape index (κ3) is 7.53. The van der Waals surface area contributed by atoms with Crippen LogP contribution in [0.4, 0.5) is 0 Å². The van der Waals surface area contributed by atoms with Gasteiger partial charge < -0.3 is 49.2 Å². The fraction of sp³-hybridized carbons (Fsp3) is 0.867. The van der Waals surface area contributed by atoms with Gasteiger partial charge >= 0.3 is 5.97 Å². The number of aliphatic hydroxyl groups excluding tert-OH is 3. The lowest BCUT2D eigenvalue weighted by atomic mass is 9.57. The molecular weight excluding hydrogens is 730 g/mol. The summed E-state index contributed by atoms with van der Waals surface area (Å²) in [5.74, 6) is -4.46. The van der Waals surface area contributed by atoms with Gasteiger partial charge in [0.15, 0.2) is 11.6 Å². The van der Waals surface area contributed by atoms with Crippen LogP contribution in [0.3, 0.4) is 0 Å². The molecule has 17 atom stereocenters. The zero-order valence-corrected chi connectivity index (χ0v) is 34.9. The van der Waals surface area contributed by atoms with E-state index < -0.39 is 71.0 Å². The van der Waals surface area contributed by atoms with Crippen LogP contribution in [0.5, 0.6) is 0 Å². The molecule has 8 aliphatic rings. The molecule has 4 spiro atoms. The van der Waals surface area contributed by atoms with Gasteiger partial charge in [0.2, 0.25) is 5.79 Å². The lowest BCUT2D eigenvalue weighted by Crippen LogP contribution is -2.62. The fourth-order valence-corrected chi connectivity index (χ4v) is 12.4. The van der Waals surface area contributed by atoms with Crippen LogP contribution >= 0.6 is 0 Å². The van der Waals surface area contributed by atoms with Gasteiger partial charge in [-0.15, -0.1) is 0 Å². The van der Waals surface area contributed by atoms with Crippen molar-refractivity contribution in [3.05, 3.63) is 23.8 Å². The highest BCUT2D eigenvalue weighted by atomic mass is 16.8. The minimum absolute atomic E-state index is 0.118. The van der Waals surface area contributed by atoms with Crippen molar-refractivity contribution in [2.24, 2.45) is 40.0 Å².